The van der Waals surface area contributed by atoms with Crippen molar-refractivity contribution < 1.29 is 14.1 Å². The zero-order valence-corrected chi connectivity index (χ0v) is 14.9. The molecule has 0 radical (unpaired) electrons. The molecule has 6 nitrogen and oxygen atoms in total. The number of carbonyl (C=O) groups excluding carboxylic acids is 1. The van der Waals surface area contributed by atoms with E-state index in [0.717, 1.165) is 6.42 Å². The van der Waals surface area contributed by atoms with Crippen LogP contribution >= 0.6 is 11.3 Å². The molecule has 1 aliphatic carbocycles. The summed E-state index contributed by atoms with van der Waals surface area (Å²) in [5.74, 6) is 1.74. The van der Waals surface area contributed by atoms with Crippen LogP contribution in [0.3, 0.4) is 0 Å². The number of nitrogens with zero attached hydrogens (tertiary/aromatic N) is 3. The molecule has 0 aromatic carbocycles. The lowest BCUT2D eigenvalue weighted by atomic mass is 10.2. The van der Waals surface area contributed by atoms with Crippen LogP contribution in [-0.2, 0) is 9.53 Å². The Morgan fingerprint density at radius 1 is 1.38 bits per heavy atom. The summed E-state index contributed by atoms with van der Waals surface area (Å²) in [7, 11) is 1.68. The second-order valence-corrected chi connectivity index (χ2v) is 8.00. The van der Waals surface area contributed by atoms with Crippen molar-refractivity contribution in [2.24, 2.45) is 5.92 Å². The van der Waals surface area contributed by atoms with Gasteiger partial charge in [-0.05, 0) is 32.4 Å². The number of methoxy groups -OCH3 is 1. The van der Waals surface area contributed by atoms with Crippen LogP contribution in [0.4, 0.5) is 0 Å². The molecular formula is C17H21N3O3S. The Kier molecular flexibility index (Phi) is 3.92. The van der Waals surface area contributed by atoms with Crippen LogP contribution in [0.25, 0.3) is 0 Å². The van der Waals surface area contributed by atoms with Gasteiger partial charge in [-0.2, -0.15) is 4.98 Å². The van der Waals surface area contributed by atoms with Crippen LogP contribution in [0.5, 0.6) is 0 Å². The quantitative estimate of drug-likeness (QED) is 0.851. The van der Waals surface area contributed by atoms with Crippen molar-refractivity contribution in [2.45, 2.75) is 44.8 Å². The van der Waals surface area contributed by atoms with E-state index in [1.54, 1.807) is 25.4 Å². The summed E-state index contributed by atoms with van der Waals surface area (Å²) in [6, 6.07) is 4.11. The topological polar surface area (TPSA) is 68.5 Å². The van der Waals surface area contributed by atoms with E-state index in [1.165, 1.54) is 9.75 Å². The zero-order chi connectivity index (χ0) is 16.8. The van der Waals surface area contributed by atoms with Crippen LogP contribution in [0.1, 0.15) is 46.3 Å². The van der Waals surface area contributed by atoms with E-state index in [-0.39, 0.29) is 24.0 Å². The monoisotopic (exact) mass is 347 g/mol. The fourth-order valence-electron chi connectivity index (χ4n) is 3.54. The predicted octanol–water partition coefficient (Wildman–Crippen LogP) is 2.84. The largest absolute Gasteiger partial charge is 0.380 e. The van der Waals surface area contributed by atoms with Crippen LogP contribution in [0.15, 0.2) is 16.7 Å². The summed E-state index contributed by atoms with van der Waals surface area (Å²) in [6.45, 7) is 4.48. The second-order valence-electron chi connectivity index (χ2n) is 6.68. The number of likely N-dealkylation sites (tertiary alicyclic amines) is 1. The summed E-state index contributed by atoms with van der Waals surface area (Å²) in [5.41, 5.74) is 0. The van der Waals surface area contributed by atoms with Gasteiger partial charge < -0.3 is 14.2 Å². The highest BCUT2D eigenvalue weighted by Gasteiger charge is 2.50. The maximum Gasteiger partial charge on any atom is 0.249 e. The molecule has 7 heteroatoms. The number of rotatable bonds is 4. The first-order chi connectivity index (χ1) is 11.6. The van der Waals surface area contributed by atoms with E-state index >= 15 is 0 Å². The average Bonchev–Trinajstić information content (AvgIpc) is 2.90. The number of amides is 1. The van der Waals surface area contributed by atoms with Crippen molar-refractivity contribution in [1.82, 2.24) is 15.0 Å². The Bertz CT molecular complexity index is 756. The molecule has 1 saturated heterocycles. The molecular weight excluding hydrogens is 326 g/mol. The first-order valence-corrected chi connectivity index (χ1v) is 9.08. The van der Waals surface area contributed by atoms with Crippen LogP contribution in [-0.4, -0.2) is 40.7 Å². The lowest BCUT2D eigenvalue weighted by Gasteiger charge is -2.21. The van der Waals surface area contributed by atoms with Crippen molar-refractivity contribution in [3.8, 4) is 0 Å². The highest BCUT2D eigenvalue weighted by atomic mass is 32.1. The second kappa shape index (κ2) is 5.97. The minimum Gasteiger partial charge on any atom is -0.380 e. The first kappa shape index (κ1) is 15.8. The Labute approximate surface area is 144 Å². The fraction of sp³-hybridized carbons (Fsp3) is 0.588. The highest BCUT2D eigenvalue weighted by Crippen LogP contribution is 2.52. The minimum atomic E-state index is -0.171. The van der Waals surface area contributed by atoms with Gasteiger partial charge in [0.1, 0.15) is 6.04 Å². The Balaban J connectivity index is 1.52. The summed E-state index contributed by atoms with van der Waals surface area (Å²) < 4.78 is 10.8. The van der Waals surface area contributed by atoms with Gasteiger partial charge in [-0.3, -0.25) is 4.79 Å². The average molecular weight is 347 g/mol. The highest BCUT2D eigenvalue weighted by molar-refractivity contribution is 7.12. The first-order valence-electron chi connectivity index (χ1n) is 8.26. The minimum absolute atomic E-state index is 0.0207. The van der Waals surface area contributed by atoms with E-state index < -0.39 is 0 Å². The Morgan fingerprint density at radius 2 is 2.21 bits per heavy atom. The van der Waals surface area contributed by atoms with Crippen molar-refractivity contribution in [3.05, 3.63) is 33.6 Å². The SMILES string of the molecule is CO[C@@H]1C[C@H](c2nc(C)no2)N(C(=O)[C@H]2C[C@H]2c2ccc(C)s2)C1. The third-order valence-electron chi connectivity index (χ3n) is 4.94. The smallest absolute Gasteiger partial charge is 0.249 e. The number of hydrogen-bond donors (Lipinski definition) is 0. The van der Waals surface area contributed by atoms with Crippen LogP contribution < -0.4 is 0 Å². The molecule has 2 aromatic heterocycles. The van der Waals surface area contributed by atoms with Gasteiger partial charge in [0.2, 0.25) is 11.8 Å². The van der Waals surface area contributed by atoms with Crippen molar-refractivity contribution in [2.75, 3.05) is 13.7 Å². The van der Waals surface area contributed by atoms with Crippen LogP contribution in [0.2, 0.25) is 0 Å². The van der Waals surface area contributed by atoms with E-state index in [0.29, 0.717) is 30.6 Å². The molecule has 0 N–H and O–H groups in total. The zero-order valence-electron chi connectivity index (χ0n) is 14.1. The number of aromatic nitrogens is 2. The number of hydrogen-bond acceptors (Lipinski definition) is 6. The van der Waals surface area contributed by atoms with E-state index in [4.69, 9.17) is 9.26 Å². The van der Waals surface area contributed by atoms with Crippen molar-refractivity contribution in [1.29, 1.82) is 0 Å². The van der Waals surface area contributed by atoms with Crippen molar-refractivity contribution in [3.63, 3.8) is 0 Å². The molecule has 0 spiro atoms. The molecule has 1 amide bonds. The number of carbonyl (C=O) groups is 1. The van der Waals surface area contributed by atoms with Gasteiger partial charge in [-0.15, -0.1) is 11.3 Å². The molecule has 2 fully saturated rings. The molecule has 4 rings (SSSR count). The molecule has 24 heavy (non-hydrogen) atoms. The molecule has 128 valence electrons. The predicted molar refractivity (Wildman–Crippen MR) is 88.8 cm³/mol. The summed E-state index contributed by atoms with van der Waals surface area (Å²) in [4.78, 5) is 21.9. The lowest BCUT2D eigenvalue weighted by Crippen LogP contribution is -2.33. The van der Waals surface area contributed by atoms with Crippen molar-refractivity contribution >= 4 is 17.2 Å². The maximum atomic E-state index is 13.0. The van der Waals surface area contributed by atoms with E-state index in [9.17, 15) is 4.79 Å². The summed E-state index contributed by atoms with van der Waals surface area (Å²) in [5, 5.41) is 3.87. The van der Waals surface area contributed by atoms with Gasteiger partial charge in [0.15, 0.2) is 5.82 Å². The molecule has 1 saturated carbocycles. The third-order valence-corrected chi connectivity index (χ3v) is 6.07. The Hall–Kier alpha value is -1.73. The molecule has 2 aromatic rings. The molecule has 2 aliphatic rings. The van der Waals surface area contributed by atoms with Gasteiger partial charge in [-0.1, -0.05) is 5.16 Å². The van der Waals surface area contributed by atoms with Gasteiger partial charge in [0.05, 0.1) is 6.10 Å². The molecule has 1 aliphatic heterocycles. The van der Waals surface area contributed by atoms with Gasteiger partial charge >= 0.3 is 0 Å². The summed E-state index contributed by atoms with van der Waals surface area (Å²) >= 11 is 1.79. The van der Waals surface area contributed by atoms with Gasteiger partial charge in [0.25, 0.3) is 0 Å². The maximum absolute atomic E-state index is 13.0. The molecule has 0 unspecified atom stereocenters. The fourth-order valence-corrected chi connectivity index (χ4v) is 4.60. The number of thiophene rings is 1. The van der Waals surface area contributed by atoms with Gasteiger partial charge in [-0.25, -0.2) is 0 Å². The third kappa shape index (κ3) is 2.75. The molecule has 0 bridgehead atoms. The Morgan fingerprint density at radius 3 is 2.83 bits per heavy atom. The van der Waals surface area contributed by atoms with E-state index in [2.05, 4.69) is 29.2 Å². The summed E-state index contributed by atoms with van der Waals surface area (Å²) in [6.07, 6.45) is 1.66. The number of aryl methyl sites for hydroxylation is 2. The van der Waals surface area contributed by atoms with E-state index in [1.807, 2.05) is 4.90 Å². The standard InChI is InChI=1S/C17H21N3O3S/c1-9-4-5-15(24-9)12-7-13(12)17(21)20-8-11(22-3)6-14(20)16-18-10(2)19-23-16/h4-5,11-14H,6-8H2,1-3H3/t11-,12-,13+,14-/m1/s1. The number of ether oxygens (including phenoxy) is 1. The molecule has 4 atom stereocenters. The van der Waals surface area contributed by atoms with Crippen LogP contribution in [0, 0.1) is 19.8 Å². The lowest BCUT2D eigenvalue weighted by molar-refractivity contribution is -0.134. The normalized spacial score (nSPS) is 29.2. The molecule has 3 heterocycles. The van der Waals surface area contributed by atoms with Gasteiger partial charge in [0, 0.05) is 41.7 Å².